The summed E-state index contributed by atoms with van der Waals surface area (Å²) < 4.78 is 9.72. The van der Waals surface area contributed by atoms with Crippen molar-refractivity contribution in [3.63, 3.8) is 0 Å². The van der Waals surface area contributed by atoms with Gasteiger partial charge in [0, 0.05) is 22.1 Å². The number of nitrogens with two attached hydrogens (primary N) is 1. The van der Waals surface area contributed by atoms with Crippen LogP contribution >= 0.6 is 27.5 Å². The molecule has 0 amide bonds. The van der Waals surface area contributed by atoms with E-state index in [2.05, 4.69) is 30.9 Å². The van der Waals surface area contributed by atoms with E-state index in [9.17, 15) is 10.1 Å². The minimum Gasteiger partial charge on any atom is -0.487 e. The zero-order chi connectivity index (χ0) is 13.8. The van der Waals surface area contributed by atoms with Crippen LogP contribution in [0.2, 0.25) is 0 Å². The fourth-order valence-corrected chi connectivity index (χ4v) is 2.24. The van der Waals surface area contributed by atoms with Crippen molar-refractivity contribution in [1.82, 2.24) is 9.59 Å². The molecule has 0 aliphatic carbocycles. The van der Waals surface area contributed by atoms with Crippen molar-refractivity contribution in [3.05, 3.63) is 38.5 Å². The average molecular weight is 346 g/mol. The van der Waals surface area contributed by atoms with Gasteiger partial charge >= 0.3 is 0 Å². The number of nitrogen functional groups attached to an aromatic ring is 1. The first-order valence-corrected chi connectivity index (χ1v) is 6.52. The molecule has 0 fully saturated rings. The zero-order valence-electron chi connectivity index (χ0n) is 9.37. The largest absolute Gasteiger partial charge is 0.487 e. The van der Waals surface area contributed by atoms with Gasteiger partial charge in [0.15, 0.2) is 5.00 Å². The molecule has 100 valence electrons. The molecule has 1 heterocycles. The number of nitrogens with one attached hydrogen (secondary N) is 1. The molecule has 0 aliphatic heterocycles. The maximum Gasteiger partial charge on any atom is 0.274 e. The van der Waals surface area contributed by atoms with Crippen LogP contribution in [0, 0.1) is 10.1 Å². The molecule has 0 aliphatic rings. The fraction of sp³-hybridized carbons (Fsp3) is 0.111. The van der Waals surface area contributed by atoms with Crippen LogP contribution in [0.3, 0.4) is 0 Å². The van der Waals surface area contributed by atoms with Crippen LogP contribution in [0.15, 0.2) is 22.7 Å². The Hall–Kier alpha value is -1.78. The van der Waals surface area contributed by atoms with Gasteiger partial charge in [0.05, 0.1) is 11.0 Å². The van der Waals surface area contributed by atoms with E-state index in [0.29, 0.717) is 20.9 Å². The van der Waals surface area contributed by atoms with Gasteiger partial charge in [0.2, 0.25) is 0 Å². The number of halogens is 1. The summed E-state index contributed by atoms with van der Waals surface area (Å²) in [5, 5.41) is 15.1. The molecule has 1 aromatic carbocycles. The number of benzene rings is 1. The van der Waals surface area contributed by atoms with Crippen molar-refractivity contribution in [2.24, 2.45) is 5.84 Å². The first kappa shape index (κ1) is 13.6. The highest BCUT2D eigenvalue weighted by atomic mass is 79.9. The van der Waals surface area contributed by atoms with Gasteiger partial charge in [-0.25, -0.2) is 5.84 Å². The normalized spacial score (nSPS) is 10.2. The number of nitrogens with zero attached hydrogens (tertiary/aromatic N) is 3. The molecule has 19 heavy (non-hydrogen) atoms. The van der Waals surface area contributed by atoms with Crippen molar-refractivity contribution < 1.29 is 9.66 Å². The number of anilines is 1. The van der Waals surface area contributed by atoms with Gasteiger partial charge in [0.25, 0.3) is 5.69 Å². The number of hydrazine groups is 1. The Labute approximate surface area is 120 Å². The van der Waals surface area contributed by atoms with Gasteiger partial charge in [-0.1, -0.05) is 20.4 Å². The summed E-state index contributed by atoms with van der Waals surface area (Å²) in [5.74, 6) is 5.64. The summed E-state index contributed by atoms with van der Waals surface area (Å²) in [6.07, 6.45) is 0. The number of hydrogen-bond acceptors (Lipinski definition) is 8. The monoisotopic (exact) mass is 345 g/mol. The third kappa shape index (κ3) is 3.36. The third-order valence-corrected chi connectivity index (χ3v) is 3.29. The highest BCUT2D eigenvalue weighted by Gasteiger charge is 2.11. The van der Waals surface area contributed by atoms with Gasteiger partial charge in [0.1, 0.15) is 18.1 Å². The first-order valence-electron chi connectivity index (χ1n) is 4.96. The number of non-ortho nitro benzene ring substituents is 1. The predicted octanol–water partition coefficient (Wildman–Crippen LogP) is 2.07. The summed E-state index contributed by atoms with van der Waals surface area (Å²) in [6.45, 7) is 0.115. The second-order valence-corrected chi connectivity index (χ2v) is 5.05. The molecule has 3 N–H and O–H groups in total. The van der Waals surface area contributed by atoms with Crippen molar-refractivity contribution in [3.8, 4) is 5.75 Å². The van der Waals surface area contributed by atoms with E-state index < -0.39 is 4.92 Å². The second-order valence-electron chi connectivity index (χ2n) is 3.38. The molecule has 0 atom stereocenters. The molecule has 0 unspecified atom stereocenters. The predicted molar refractivity (Wildman–Crippen MR) is 72.8 cm³/mol. The highest BCUT2D eigenvalue weighted by molar-refractivity contribution is 9.10. The van der Waals surface area contributed by atoms with Crippen LogP contribution < -0.4 is 16.0 Å². The minimum absolute atomic E-state index is 0.0575. The molecule has 0 saturated carbocycles. The fourth-order valence-electron chi connectivity index (χ4n) is 1.30. The van der Waals surface area contributed by atoms with Crippen LogP contribution in [0.25, 0.3) is 0 Å². The average Bonchev–Trinajstić information content (AvgIpc) is 2.83. The first-order chi connectivity index (χ1) is 9.10. The van der Waals surface area contributed by atoms with Crippen molar-refractivity contribution in [2.75, 3.05) is 5.43 Å². The lowest BCUT2D eigenvalue weighted by Gasteiger charge is -2.05. The molecule has 10 heteroatoms. The molecular weight excluding hydrogens is 338 g/mol. The van der Waals surface area contributed by atoms with E-state index >= 15 is 0 Å². The number of aromatic nitrogens is 2. The van der Waals surface area contributed by atoms with E-state index in [0.717, 1.165) is 11.5 Å². The van der Waals surface area contributed by atoms with E-state index in [-0.39, 0.29) is 12.3 Å². The maximum atomic E-state index is 10.7. The van der Waals surface area contributed by atoms with E-state index in [4.69, 9.17) is 10.6 Å². The third-order valence-electron chi connectivity index (χ3n) is 2.13. The molecule has 2 rings (SSSR count). The smallest absolute Gasteiger partial charge is 0.274 e. The Kier molecular flexibility index (Phi) is 4.24. The number of nitro groups is 1. The van der Waals surface area contributed by atoms with Gasteiger partial charge in [-0.15, -0.1) is 5.10 Å². The number of hydrogen-bond donors (Lipinski definition) is 2. The highest BCUT2D eigenvalue weighted by Crippen LogP contribution is 2.27. The van der Waals surface area contributed by atoms with E-state index in [1.165, 1.54) is 12.1 Å². The lowest BCUT2D eigenvalue weighted by atomic mass is 10.3. The lowest BCUT2D eigenvalue weighted by Crippen LogP contribution is -2.08. The molecule has 0 bridgehead atoms. The van der Waals surface area contributed by atoms with Gasteiger partial charge in [-0.3, -0.25) is 10.1 Å². The standard InChI is InChI=1S/C9H8BrN5O3S/c10-5-1-6(15(16)17)3-7(2-5)18-4-8-9(12-11)19-14-13-8/h1-3,12H,4,11H2. The summed E-state index contributed by atoms with van der Waals surface area (Å²) >= 11 is 4.29. The maximum absolute atomic E-state index is 10.7. The summed E-state index contributed by atoms with van der Waals surface area (Å²) in [4.78, 5) is 10.2. The molecule has 0 spiro atoms. The molecule has 1 aromatic heterocycles. The minimum atomic E-state index is -0.491. The van der Waals surface area contributed by atoms with Crippen LogP contribution in [-0.4, -0.2) is 14.5 Å². The summed E-state index contributed by atoms with van der Waals surface area (Å²) in [5.41, 5.74) is 2.93. The molecule has 0 saturated heterocycles. The summed E-state index contributed by atoms with van der Waals surface area (Å²) in [6, 6.07) is 4.35. The topological polar surface area (TPSA) is 116 Å². The van der Waals surface area contributed by atoms with Crippen molar-refractivity contribution in [1.29, 1.82) is 0 Å². The number of nitro benzene ring substituents is 1. The molecule has 8 nitrogen and oxygen atoms in total. The van der Waals surface area contributed by atoms with Crippen LogP contribution in [0.5, 0.6) is 5.75 Å². The number of ether oxygens (including phenoxy) is 1. The Morgan fingerprint density at radius 3 is 3.00 bits per heavy atom. The Balaban J connectivity index is 2.13. The lowest BCUT2D eigenvalue weighted by molar-refractivity contribution is -0.385. The van der Waals surface area contributed by atoms with Gasteiger partial charge in [-0.2, -0.15) is 0 Å². The van der Waals surface area contributed by atoms with Gasteiger partial charge in [-0.05, 0) is 6.07 Å². The molecule has 0 radical (unpaired) electrons. The Bertz CT molecular complexity index is 605. The summed E-state index contributed by atoms with van der Waals surface area (Å²) in [7, 11) is 0. The molecule has 2 aromatic rings. The number of rotatable bonds is 5. The SMILES string of the molecule is NNc1snnc1COc1cc(Br)cc([N+](=O)[O-])c1. The van der Waals surface area contributed by atoms with Crippen LogP contribution in [0.4, 0.5) is 10.7 Å². The second kappa shape index (κ2) is 5.91. The van der Waals surface area contributed by atoms with Gasteiger partial charge < -0.3 is 10.2 Å². The Morgan fingerprint density at radius 1 is 1.53 bits per heavy atom. The van der Waals surface area contributed by atoms with Crippen molar-refractivity contribution >= 4 is 38.2 Å². The van der Waals surface area contributed by atoms with E-state index in [1.807, 2.05) is 0 Å². The molecular formula is C9H8BrN5O3S. The quantitative estimate of drug-likeness (QED) is 0.484. The zero-order valence-corrected chi connectivity index (χ0v) is 11.8. The Morgan fingerprint density at radius 2 is 2.32 bits per heavy atom. The van der Waals surface area contributed by atoms with Crippen LogP contribution in [0.1, 0.15) is 5.69 Å². The van der Waals surface area contributed by atoms with E-state index in [1.54, 1.807) is 6.07 Å². The van der Waals surface area contributed by atoms with Crippen molar-refractivity contribution in [2.45, 2.75) is 6.61 Å². The van der Waals surface area contributed by atoms with Crippen LogP contribution in [-0.2, 0) is 6.61 Å².